The molecule has 1 fully saturated rings. The predicted molar refractivity (Wildman–Crippen MR) is 103 cm³/mol. The maximum Gasteiger partial charge on any atom is 0.276 e. The number of piperazine rings is 1. The Morgan fingerprint density at radius 1 is 1.11 bits per heavy atom. The van der Waals surface area contributed by atoms with Crippen LogP contribution in [0.15, 0.2) is 42.5 Å². The largest absolute Gasteiger partial charge is 0.483 e. The van der Waals surface area contributed by atoms with Crippen LogP contribution in [0.2, 0.25) is 0 Å². The number of benzene rings is 2. The summed E-state index contributed by atoms with van der Waals surface area (Å²) in [5.41, 5.74) is 2.81. The van der Waals surface area contributed by atoms with Gasteiger partial charge in [-0.05, 0) is 37.6 Å². The number of nitrogens with zero attached hydrogens (tertiary/aromatic N) is 3. The monoisotopic (exact) mass is 369 g/mol. The van der Waals surface area contributed by atoms with Crippen LogP contribution in [0.4, 0.5) is 11.4 Å². The Labute approximate surface area is 158 Å². The van der Waals surface area contributed by atoms with Crippen molar-refractivity contribution in [2.24, 2.45) is 0 Å². The molecular formula is C20H23N3O4. The van der Waals surface area contributed by atoms with Crippen LogP contribution in [0.1, 0.15) is 11.1 Å². The van der Waals surface area contributed by atoms with E-state index in [1.54, 1.807) is 24.0 Å². The molecule has 1 aliphatic heterocycles. The van der Waals surface area contributed by atoms with Crippen molar-refractivity contribution in [3.63, 3.8) is 0 Å². The van der Waals surface area contributed by atoms with Gasteiger partial charge in [0.05, 0.1) is 10.5 Å². The lowest BCUT2D eigenvalue weighted by Crippen LogP contribution is -2.50. The molecule has 0 spiro atoms. The quantitative estimate of drug-likeness (QED) is 0.598. The van der Waals surface area contributed by atoms with Gasteiger partial charge in [-0.25, -0.2) is 0 Å². The van der Waals surface area contributed by atoms with Gasteiger partial charge in [-0.2, -0.15) is 0 Å². The Balaban J connectivity index is 1.54. The van der Waals surface area contributed by atoms with Crippen molar-refractivity contribution in [3.8, 4) is 5.75 Å². The zero-order valence-corrected chi connectivity index (χ0v) is 15.6. The van der Waals surface area contributed by atoms with Crippen molar-refractivity contribution in [2.45, 2.75) is 13.8 Å². The van der Waals surface area contributed by atoms with E-state index in [0.29, 0.717) is 24.4 Å². The van der Waals surface area contributed by atoms with E-state index in [9.17, 15) is 14.9 Å². The highest BCUT2D eigenvalue weighted by atomic mass is 16.6. The fourth-order valence-corrected chi connectivity index (χ4v) is 3.23. The first kappa shape index (κ1) is 18.7. The van der Waals surface area contributed by atoms with Gasteiger partial charge in [-0.1, -0.05) is 18.2 Å². The predicted octanol–water partition coefficient (Wildman–Crippen LogP) is 2.94. The standard InChI is InChI=1S/C20H23N3O4/c1-15-5-3-6-17(13-15)21-9-11-22(12-10-21)20(24)14-27-19-8-4-7-18(16(19)2)23(25)26/h3-8,13H,9-12,14H2,1-2H3. The van der Waals surface area contributed by atoms with Crippen LogP contribution >= 0.6 is 0 Å². The number of aryl methyl sites for hydroxylation is 1. The van der Waals surface area contributed by atoms with Gasteiger partial charge < -0.3 is 14.5 Å². The second kappa shape index (κ2) is 8.07. The first-order valence-corrected chi connectivity index (χ1v) is 8.92. The number of hydrogen-bond donors (Lipinski definition) is 0. The Morgan fingerprint density at radius 2 is 1.81 bits per heavy atom. The molecule has 7 nitrogen and oxygen atoms in total. The molecule has 142 valence electrons. The number of carbonyl (C=O) groups excluding carboxylic acids is 1. The van der Waals surface area contributed by atoms with Crippen molar-refractivity contribution < 1.29 is 14.5 Å². The van der Waals surface area contributed by atoms with Crippen LogP contribution < -0.4 is 9.64 Å². The summed E-state index contributed by atoms with van der Waals surface area (Å²) in [4.78, 5) is 27.0. The summed E-state index contributed by atoms with van der Waals surface area (Å²) >= 11 is 0. The van der Waals surface area contributed by atoms with Crippen LogP contribution in [0.25, 0.3) is 0 Å². The van der Waals surface area contributed by atoms with Crippen LogP contribution in [0.5, 0.6) is 5.75 Å². The molecule has 0 atom stereocenters. The van der Waals surface area contributed by atoms with Crippen LogP contribution in [-0.2, 0) is 4.79 Å². The van der Waals surface area contributed by atoms with E-state index in [-0.39, 0.29) is 18.2 Å². The minimum atomic E-state index is -0.450. The fourth-order valence-electron chi connectivity index (χ4n) is 3.23. The SMILES string of the molecule is Cc1cccc(N2CCN(C(=O)COc3cccc([N+](=O)[O-])c3C)CC2)c1. The van der Waals surface area contributed by atoms with Gasteiger partial charge in [-0.15, -0.1) is 0 Å². The number of ether oxygens (including phenoxy) is 1. The summed E-state index contributed by atoms with van der Waals surface area (Å²) < 4.78 is 5.56. The van der Waals surface area contributed by atoms with Crippen molar-refractivity contribution in [1.29, 1.82) is 0 Å². The highest BCUT2D eigenvalue weighted by Gasteiger charge is 2.22. The summed E-state index contributed by atoms with van der Waals surface area (Å²) in [6, 6.07) is 13.0. The molecule has 2 aromatic carbocycles. The second-order valence-corrected chi connectivity index (χ2v) is 6.65. The molecule has 2 aromatic rings. The lowest BCUT2D eigenvalue weighted by molar-refractivity contribution is -0.385. The molecule has 1 amide bonds. The van der Waals surface area contributed by atoms with Crippen LogP contribution in [-0.4, -0.2) is 48.5 Å². The average Bonchev–Trinajstić information content (AvgIpc) is 2.67. The Kier molecular flexibility index (Phi) is 5.59. The average molecular weight is 369 g/mol. The van der Waals surface area contributed by atoms with E-state index >= 15 is 0 Å². The lowest BCUT2D eigenvalue weighted by atomic mass is 10.2. The molecule has 7 heteroatoms. The number of carbonyl (C=O) groups is 1. The maximum absolute atomic E-state index is 12.4. The molecule has 27 heavy (non-hydrogen) atoms. The topological polar surface area (TPSA) is 75.9 Å². The Hall–Kier alpha value is -3.09. The van der Waals surface area contributed by atoms with Crippen molar-refractivity contribution >= 4 is 17.3 Å². The molecule has 0 radical (unpaired) electrons. The number of nitro groups is 1. The van der Waals surface area contributed by atoms with Gasteiger partial charge in [0.15, 0.2) is 6.61 Å². The third-order valence-corrected chi connectivity index (χ3v) is 4.80. The number of rotatable bonds is 5. The third kappa shape index (κ3) is 4.36. The van der Waals surface area contributed by atoms with E-state index < -0.39 is 4.92 Å². The molecule has 3 rings (SSSR count). The number of amides is 1. The summed E-state index contributed by atoms with van der Waals surface area (Å²) in [5.74, 6) is 0.265. The van der Waals surface area contributed by atoms with Crippen molar-refractivity contribution in [2.75, 3.05) is 37.7 Å². The summed E-state index contributed by atoms with van der Waals surface area (Å²) in [6.45, 7) is 6.37. The van der Waals surface area contributed by atoms with Gasteiger partial charge in [0.25, 0.3) is 11.6 Å². The first-order chi connectivity index (χ1) is 13.0. The minimum absolute atomic E-state index is 0.00767. The van der Waals surface area contributed by atoms with E-state index in [1.165, 1.54) is 17.3 Å². The summed E-state index contributed by atoms with van der Waals surface area (Å²) in [6.07, 6.45) is 0. The number of hydrogen-bond acceptors (Lipinski definition) is 5. The first-order valence-electron chi connectivity index (χ1n) is 8.92. The highest BCUT2D eigenvalue weighted by molar-refractivity contribution is 5.78. The van der Waals surface area contributed by atoms with Gasteiger partial charge >= 0.3 is 0 Å². The fraction of sp³-hybridized carbons (Fsp3) is 0.350. The van der Waals surface area contributed by atoms with Gasteiger partial charge in [0.2, 0.25) is 0 Å². The molecule has 1 aliphatic rings. The molecule has 0 saturated carbocycles. The zero-order chi connectivity index (χ0) is 19.4. The number of anilines is 1. The molecule has 1 heterocycles. The maximum atomic E-state index is 12.4. The molecule has 0 bridgehead atoms. The molecule has 0 unspecified atom stereocenters. The second-order valence-electron chi connectivity index (χ2n) is 6.65. The third-order valence-electron chi connectivity index (χ3n) is 4.80. The zero-order valence-electron chi connectivity index (χ0n) is 15.6. The normalized spacial score (nSPS) is 14.1. The van der Waals surface area contributed by atoms with E-state index in [0.717, 1.165) is 13.1 Å². The smallest absolute Gasteiger partial charge is 0.276 e. The lowest BCUT2D eigenvalue weighted by Gasteiger charge is -2.36. The minimum Gasteiger partial charge on any atom is -0.483 e. The van der Waals surface area contributed by atoms with Gasteiger partial charge in [-0.3, -0.25) is 14.9 Å². The summed E-state index contributed by atoms with van der Waals surface area (Å²) in [7, 11) is 0. The van der Waals surface area contributed by atoms with Gasteiger partial charge in [0, 0.05) is 37.9 Å². The van der Waals surface area contributed by atoms with Crippen molar-refractivity contribution in [3.05, 3.63) is 63.7 Å². The van der Waals surface area contributed by atoms with Gasteiger partial charge in [0.1, 0.15) is 5.75 Å². The van der Waals surface area contributed by atoms with Crippen LogP contribution in [0.3, 0.4) is 0 Å². The number of nitro benzene ring substituents is 1. The molecule has 0 aromatic heterocycles. The molecule has 1 saturated heterocycles. The van der Waals surface area contributed by atoms with E-state index in [1.807, 2.05) is 6.07 Å². The molecular weight excluding hydrogens is 346 g/mol. The molecule has 0 N–H and O–H groups in total. The Morgan fingerprint density at radius 3 is 2.48 bits per heavy atom. The highest BCUT2D eigenvalue weighted by Crippen LogP contribution is 2.27. The summed E-state index contributed by atoms with van der Waals surface area (Å²) in [5, 5.41) is 11.0. The van der Waals surface area contributed by atoms with Crippen molar-refractivity contribution in [1.82, 2.24) is 4.90 Å². The Bertz CT molecular complexity index is 845. The van der Waals surface area contributed by atoms with E-state index in [2.05, 4.69) is 30.0 Å². The van der Waals surface area contributed by atoms with Crippen LogP contribution in [0, 0.1) is 24.0 Å². The molecule has 0 aliphatic carbocycles. The van der Waals surface area contributed by atoms with E-state index in [4.69, 9.17) is 4.74 Å².